The second-order valence-electron chi connectivity index (χ2n) is 4.76. The molecule has 1 aromatic heterocycles. The molecular formula is C16H15N3O. The Bertz CT molecular complexity index is 780. The molecule has 0 aliphatic heterocycles. The average Bonchev–Trinajstić information content (AvgIpc) is 2.48. The lowest BCUT2D eigenvalue weighted by Crippen LogP contribution is -2.21. The smallest absolute Gasteiger partial charge is 0.258 e. The Morgan fingerprint density at radius 1 is 1.05 bits per heavy atom. The molecule has 1 unspecified atom stereocenters. The van der Waals surface area contributed by atoms with Gasteiger partial charge in [-0.2, -0.15) is 0 Å². The maximum Gasteiger partial charge on any atom is 0.258 e. The number of H-pyrrole nitrogens is 1. The lowest BCUT2D eigenvalue weighted by molar-refractivity contribution is 0.668. The highest BCUT2D eigenvalue weighted by atomic mass is 16.1. The molecule has 0 saturated heterocycles. The summed E-state index contributed by atoms with van der Waals surface area (Å²) in [6.07, 6.45) is 0.641. The molecule has 1 heterocycles. The minimum atomic E-state index is -0.324. The van der Waals surface area contributed by atoms with Crippen LogP contribution >= 0.6 is 0 Å². The van der Waals surface area contributed by atoms with E-state index in [-0.39, 0.29) is 11.6 Å². The number of fused-ring (bicyclic) bond motifs is 1. The van der Waals surface area contributed by atoms with E-state index in [4.69, 9.17) is 5.73 Å². The van der Waals surface area contributed by atoms with Gasteiger partial charge >= 0.3 is 0 Å². The van der Waals surface area contributed by atoms with E-state index in [0.29, 0.717) is 23.1 Å². The zero-order valence-corrected chi connectivity index (χ0v) is 10.9. The molecule has 20 heavy (non-hydrogen) atoms. The average molecular weight is 265 g/mol. The first kappa shape index (κ1) is 12.6. The Morgan fingerprint density at radius 3 is 2.55 bits per heavy atom. The van der Waals surface area contributed by atoms with E-state index in [2.05, 4.69) is 9.97 Å². The third-order valence-corrected chi connectivity index (χ3v) is 3.28. The number of nitrogens with two attached hydrogens (primary N) is 1. The van der Waals surface area contributed by atoms with E-state index in [0.717, 1.165) is 5.56 Å². The molecule has 2 aromatic carbocycles. The Kier molecular flexibility index (Phi) is 3.31. The SMILES string of the molecule is NC(Cc1ccccc1)c1nc2ccccc2c(=O)[nH]1. The quantitative estimate of drug-likeness (QED) is 0.762. The van der Waals surface area contributed by atoms with E-state index in [1.165, 1.54) is 0 Å². The summed E-state index contributed by atoms with van der Waals surface area (Å²) >= 11 is 0. The number of hydrogen-bond donors (Lipinski definition) is 2. The number of nitrogens with one attached hydrogen (secondary N) is 1. The van der Waals surface area contributed by atoms with Crippen molar-refractivity contribution in [2.75, 3.05) is 0 Å². The van der Waals surface area contributed by atoms with Crippen LogP contribution in [0.25, 0.3) is 10.9 Å². The molecule has 0 radical (unpaired) electrons. The van der Waals surface area contributed by atoms with Crippen molar-refractivity contribution in [3.63, 3.8) is 0 Å². The van der Waals surface area contributed by atoms with Gasteiger partial charge in [0.05, 0.1) is 16.9 Å². The molecule has 0 saturated carbocycles. The number of rotatable bonds is 3. The van der Waals surface area contributed by atoms with Gasteiger partial charge in [0.2, 0.25) is 0 Å². The lowest BCUT2D eigenvalue weighted by atomic mass is 10.1. The minimum absolute atomic E-state index is 0.144. The van der Waals surface area contributed by atoms with Crippen LogP contribution in [0.1, 0.15) is 17.4 Å². The topological polar surface area (TPSA) is 71.8 Å². The number of para-hydroxylation sites is 1. The van der Waals surface area contributed by atoms with Crippen molar-refractivity contribution in [3.8, 4) is 0 Å². The summed E-state index contributed by atoms with van der Waals surface area (Å²) in [5, 5.41) is 0.586. The van der Waals surface area contributed by atoms with Crippen molar-refractivity contribution in [1.82, 2.24) is 9.97 Å². The molecule has 0 aliphatic carbocycles. The fourth-order valence-corrected chi connectivity index (χ4v) is 2.24. The van der Waals surface area contributed by atoms with E-state index < -0.39 is 0 Å². The molecule has 3 aromatic rings. The first-order chi connectivity index (χ1) is 9.74. The van der Waals surface area contributed by atoms with Gasteiger partial charge in [-0.1, -0.05) is 42.5 Å². The fraction of sp³-hybridized carbons (Fsp3) is 0.125. The van der Waals surface area contributed by atoms with Crippen molar-refractivity contribution < 1.29 is 0 Å². The summed E-state index contributed by atoms with van der Waals surface area (Å²) in [6.45, 7) is 0. The molecular weight excluding hydrogens is 250 g/mol. The monoisotopic (exact) mass is 265 g/mol. The standard InChI is InChI=1S/C16H15N3O/c17-13(10-11-6-2-1-3-7-11)15-18-14-9-5-4-8-12(14)16(20)19-15/h1-9,13H,10,17H2,(H,18,19,20). The molecule has 0 aliphatic rings. The molecule has 100 valence electrons. The van der Waals surface area contributed by atoms with Gasteiger partial charge in [0.1, 0.15) is 5.82 Å². The van der Waals surface area contributed by atoms with Crippen LogP contribution in [-0.4, -0.2) is 9.97 Å². The lowest BCUT2D eigenvalue weighted by Gasteiger charge is -2.11. The van der Waals surface area contributed by atoms with Crippen molar-refractivity contribution in [2.24, 2.45) is 5.73 Å². The summed E-state index contributed by atoms with van der Waals surface area (Å²) in [4.78, 5) is 19.2. The third kappa shape index (κ3) is 2.46. The van der Waals surface area contributed by atoms with Gasteiger partial charge in [-0.25, -0.2) is 4.98 Å². The number of benzene rings is 2. The van der Waals surface area contributed by atoms with E-state index >= 15 is 0 Å². The van der Waals surface area contributed by atoms with Crippen LogP contribution in [0.5, 0.6) is 0 Å². The van der Waals surface area contributed by atoms with Crippen molar-refractivity contribution in [1.29, 1.82) is 0 Å². The molecule has 0 bridgehead atoms. The predicted molar refractivity (Wildman–Crippen MR) is 79.4 cm³/mol. The maximum atomic E-state index is 12.0. The zero-order valence-electron chi connectivity index (χ0n) is 10.9. The van der Waals surface area contributed by atoms with Gasteiger partial charge in [-0.15, -0.1) is 0 Å². The molecule has 0 fully saturated rings. The fourth-order valence-electron chi connectivity index (χ4n) is 2.24. The van der Waals surface area contributed by atoms with Crippen LogP contribution in [0.15, 0.2) is 59.4 Å². The van der Waals surface area contributed by atoms with E-state index in [1.54, 1.807) is 6.07 Å². The summed E-state index contributed by atoms with van der Waals surface area (Å²) in [6, 6.07) is 16.9. The minimum Gasteiger partial charge on any atom is -0.321 e. The van der Waals surface area contributed by atoms with E-state index in [1.807, 2.05) is 48.5 Å². The second kappa shape index (κ2) is 5.27. The zero-order chi connectivity index (χ0) is 13.9. The Balaban J connectivity index is 1.96. The van der Waals surface area contributed by atoms with Gasteiger partial charge in [-0.05, 0) is 24.1 Å². The van der Waals surface area contributed by atoms with Gasteiger partial charge in [0, 0.05) is 0 Å². The van der Waals surface area contributed by atoms with Gasteiger partial charge in [0.25, 0.3) is 5.56 Å². The normalized spacial score (nSPS) is 12.4. The van der Waals surface area contributed by atoms with Gasteiger partial charge < -0.3 is 10.7 Å². The van der Waals surface area contributed by atoms with Crippen molar-refractivity contribution >= 4 is 10.9 Å². The summed E-state index contributed by atoms with van der Waals surface area (Å²) < 4.78 is 0. The first-order valence-corrected chi connectivity index (χ1v) is 6.52. The largest absolute Gasteiger partial charge is 0.321 e. The van der Waals surface area contributed by atoms with Crippen LogP contribution in [0.4, 0.5) is 0 Å². The Morgan fingerprint density at radius 2 is 1.75 bits per heavy atom. The maximum absolute atomic E-state index is 12.0. The molecule has 0 spiro atoms. The summed E-state index contributed by atoms with van der Waals surface area (Å²) in [7, 11) is 0. The van der Waals surface area contributed by atoms with Gasteiger partial charge in [0.15, 0.2) is 0 Å². The van der Waals surface area contributed by atoms with Gasteiger partial charge in [-0.3, -0.25) is 4.79 Å². The second-order valence-corrected chi connectivity index (χ2v) is 4.76. The first-order valence-electron chi connectivity index (χ1n) is 6.52. The molecule has 4 nitrogen and oxygen atoms in total. The highest BCUT2D eigenvalue weighted by Crippen LogP contribution is 2.14. The summed E-state index contributed by atoms with van der Waals surface area (Å²) in [5.41, 5.74) is 7.81. The molecule has 0 amide bonds. The Hall–Kier alpha value is -2.46. The van der Waals surface area contributed by atoms with Crippen LogP contribution in [0.3, 0.4) is 0 Å². The Labute approximate surface area is 116 Å². The highest BCUT2D eigenvalue weighted by Gasteiger charge is 2.11. The van der Waals surface area contributed by atoms with Crippen LogP contribution < -0.4 is 11.3 Å². The molecule has 1 atom stereocenters. The number of hydrogen-bond acceptors (Lipinski definition) is 3. The van der Waals surface area contributed by atoms with Crippen molar-refractivity contribution in [2.45, 2.75) is 12.5 Å². The number of aromatic amines is 1. The third-order valence-electron chi connectivity index (χ3n) is 3.28. The van der Waals surface area contributed by atoms with Crippen LogP contribution in [0, 0.1) is 0 Å². The predicted octanol–water partition coefficient (Wildman–Crippen LogP) is 2.17. The van der Waals surface area contributed by atoms with E-state index in [9.17, 15) is 4.79 Å². The van der Waals surface area contributed by atoms with Crippen LogP contribution in [-0.2, 0) is 6.42 Å². The summed E-state index contributed by atoms with van der Waals surface area (Å²) in [5.74, 6) is 0.526. The molecule has 4 heteroatoms. The van der Waals surface area contributed by atoms with Crippen LogP contribution in [0.2, 0.25) is 0 Å². The highest BCUT2D eigenvalue weighted by molar-refractivity contribution is 5.77. The number of nitrogens with zero attached hydrogens (tertiary/aromatic N) is 1. The molecule has 3 rings (SSSR count). The molecule has 3 N–H and O–H groups in total. The van der Waals surface area contributed by atoms with Crippen molar-refractivity contribution in [3.05, 3.63) is 76.3 Å². The number of aromatic nitrogens is 2.